The molecule has 3 heteroatoms. The summed E-state index contributed by atoms with van der Waals surface area (Å²) in [6.07, 6.45) is 0. The van der Waals surface area contributed by atoms with Crippen molar-refractivity contribution in [3.63, 3.8) is 0 Å². The molecule has 0 aliphatic carbocycles. The number of hydrogen-bond donors (Lipinski definition) is 1. The molecule has 1 rings (SSSR count). The lowest BCUT2D eigenvalue weighted by Crippen LogP contribution is -2.08. The third-order valence-corrected chi connectivity index (χ3v) is 1.93. The van der Waals surface area contributed by atoms with Crippen LogP contribution < -0.4 is 5.90 Å². The van der Waals surface area contributed by atoms with Crippen LogP contribution in [0.2, 0.25) is 0 Å². The minimum atomic E-state index is 0.221. The van der Waals surface area contributed by atoms with Gasteiger partial charge in [0.05, 0.1) is 18.2 Å². The third-order valence-electron chi connectivity index (χ3n) is 1.93. The van der Waals surface area contributed by atoms with E-state index in [0.717, 1.165) is 5.56 Å². The van der Waals surface area contributed by atoms with Crippen molar-refractivity contribution >= 4 is 0 Å². The van der Waals surface area contributed by atoms with Gasteiger partial charge in [-0.1, -0.05) is 19.1 Å². The van der Waals surface area contributed by atoms with Crippen LogP contribution in [-0.2, 0) is 4.84 Å². The minimum Gasteiger partial charge on any atom is -0.304 e. The van der Waals surface area contributed by atoms with E-state index < -0.39 is 0 Å². The second kappa shape index (κ2) is 4.61. The van der Waals surface area contributed by atoms with Crippen LogP contribution in [0.4, 0.5) is 0 Å². The van der Waals surface area contributed by atoms with Gasteiger partial charge >= 0.3 is 0 Å². The van der Waals surface area contributed by atoms with Crippen LogP contribution in [0.3, 0.4) is 0 Å². The van der Waals surface area contributed by atoms with E-state index in [0.29, 0.717) is 12.2 Å². The molecular formula is C10H12N2O. The molecule has 1 aromatic carbocycles. The standard InChI is InChI=1S/C10H12N2O/c1-8(7-13-12)10-4-2-3-9(5-10)6-11/h2-5,8H,7,12H2,1H3. The molecule has 3 nitrogen and oxygen atoms in total. The van der Waals surface area contributed by atoms with Gasteiger partial charge in [-0.2, -0.15) is 5.26 Å². The maximum absolute atomic E-state index is 8.67. The van der Waals surface area contributed by atoms with E-state index in [1.165, 1.54) is 0 Å². The van der Waals surface area contributed by atoms with Crippen LogP contribution in [0.1, 0.15) is 24.0 Å². The van der Waals surface area contributed by atoms with Crippen molar-refractivity contribution in [1.29, 1.82) is 5.26 Å². The summed E-state index contributed by atoms with van der Waals surface area (Å²) < 4.78 is 0. The average molecular weight is 176 g/mol. The first-order valence-corrected chi connectivity index (χ1v) is 4.09. The zero-order valence-corrected chi connectivity index (χ0v) is 7.53. The Morgan fingerprint density at radius 1 is 1.62 bits per heavy atom. The SMILES string of the molecule is CC(CON)c1cccc(C#N)c1. The van der Waals surface area contributed by atoms with Crippen molar-refractivity contribution in [2.24, 2.45) is 5.90 Å². The fraction of sp³-hybridized carbons (Fsp3) is 0.300. The first-order chi connectivity index (χ1) is 6.27. The van der Waals surface area contributed by atoms with Gasteiger partial charge in [0.2, 0.25) is 0 Å². The molecule has 2 N–H and O–H groups in total. The Hall–Kier alpha value is -1.37. The second-order valence-corrected chi connectivity index (χ2v) is 2.97. The van der Waals surface area contributed by atoms with Crippen LogP contribution in [0.25, 0.3) is 0 Å². The maximum atomic E-state index is 8.67. The number of rotatable bonds is 3. The van der Waals surface area contributed by atoms with E-state index in [9.17, 15) is 0 Å². The lowest BCUT2D eigenvalue weighted by molar-refractivity contribution is 0.126. The van der Waals surface area contributed by atoms with Crippen LogP contribution in [0.5, 0.6) is 0 Å². The van der Waals surface area contributed by atoms with Crippen molar-refractivity contribution in [3.05, 3.63) is 35.4 Å². The van der Waals surface area contributed by atoms with Crippen LogP contribution in [0, 0.1) is 11.3 Å². The molecule has 0 bridgehead atoms. The molecule has 68 valence electrons. The monoisotopic (exact) mass is 176 g/mol. The fourth-order valence-corrected chi connectivity index (χ4v) is 1.16. The van der Waals surface area contributed by atoms with E-state index in [2.05, 4.69) is 10.9 Å². The Morgan fingerprint density at radius 2 is 2.38 bits per heavy atom. The maximum Gasteiger partial charge on any atom is 0.0991 e. The van der Waals surface area contributed by atoms with Crippen molar-refractivity contribution in [3.8, 4) is 6.07 Å². The number of nitrogens with two attached hydrogens (primary N) is 1. The molecule has 0 fully saturated rings. The molecule has 0 aromatic heterocycles. The highest BCUT2D eigenvalue weighted by atomic mass is 16.6. The quantitative estimate of drug-likeness (QED) is 0.711. The molecule has 0 heterocycles. The van der Waals surface area contributed by atoms with Crippen LogP contribution in [0.15, 0.2) is 24.3 Å². The van der Waals surface area contributed by atoms with Crippen LogP contribution >= 0.6 is 0 Å². The summed E-state index contributed by atoms with van der Waals surface area (Å²) in [5.41, 5.74) is 1.74. The first kappa shape index (κ1) is 9.72. The molecular weight excluding hydrogens is 164 g/mol. The molecule has 0 saturated carbocycles. The molecule has 1 atom stereocenters. The molecule has 0 spiro atoms. The van der Waals surface area contributed by atoms with Gasteiger partial charge in [0, 0.05) is 5.92 Å². The molecule has 13 heavy (non-hydrogen) atoms. The van der Waals surface area contributed by atoms with Crippen molar-refractivity contribution in [2.75, 3.05) is 6.61 Å². The normalized spacial score (nSPS) is 12.1. The second-order valence-electron chi connectivity index (χ2n) is 2.97. The van der Waals surface area contributed by atoms with E-state index >= 15 is 0 Å². The van der Waals surface area contributed by atoms with Crippen LogP contribution in [-0.4, -0.2) is 6.61 Å². The average Bonchev–Trinajstić information content (AvgIpc) is 2.18. The lowest BCUT2D eigenvalue weighted by atomic mass is 10.0. The van der Waals surface area contributed by atoms with Gasteiger partial charge in [0.25, 0.3) is 0 Å². The van der Waals surface area contributed by atoms with Gasteiger partial charge in [-0.05, 0) is 17.7 Å². The summed E-state index contributed by atoms with van der Waals surface area (Å²) in [5.74, 6) is 5.19. The smallest absolute Gasteiger partial charge is 0.0991 e. The summed E-state index contributed by atoms with van der Waals surface area (Å²) in [4.78, 5) is 4.55. The largest absolute Gasteiger partial charge is 0.304 e. The van der Waals surface area contributed by atoms with Crippen molar-refractivity contribution in [1.82, 2.24) is 0 Å². The van der Waals surface area contributed by atoms with E-state index in [1.807, 2.05) is 25.1 Å². The van der Waals surface area contributed by atoms with Crippen molar-refractivity contribution in [2.45, 2.75) is 12.8 Å². The summed E-state index contributed by atoms with van der Waals surface area (Å²) in [6, 6.07) is 9.55. The summed E-state index contributed by atoms with van der Waals surface area (Å²) >= 11 is 0. The van der Waals surface area contributed by atoms with E-state index in [1.54, 1.807) is 6.07 Å². The summed E-state index contributed by atoms with van der Waals surface area (Å²) in [6.45, 7) is 2.47. The number of benzene rings is 1. The predicted molar refractivity (Wildman–Crippen MR) is 49.7 cm³/mol. The highest BCUT2D eigenvalue weighted by molar-refractivity contribution is 5.34. The Balaban J connectivity index is 2.83. The highest BCUT2D eigenvalue weighted by Crippen LogP contribution is 2.15. The van der Waals surface area contributed by atoms with Gasteiger partial charge in [0.15, 0.2) is 0 Å². The Labute approximate surface area is 77.7 Å². The zero-order chi connectivity index (χ0) is 9.68. The lowest BCUT2D eigenvalue weighted by Gasteiger charge is -2.09. The number of nitrogens with zero attached hydrogens (tertiary/aromatic N) is 1. The predicted octanol–water partition coefficient (Wildman–Crippen LogP) is 1.55. The summed E-state index contributed by atoms with van der Waals surface area (Å²) in [7, 11) is 0. The number of hydrogen-bond acceptors (Lipinski definition) is 3. The summed E-state index contributed by atoms with van der Waals surface area (Å²) in [5, 5.41) is 8.67. The molecule has 0 amide bonds. The molecule has 0 aliphatic rings. The molecule has 0 saturated heterocycles. The molecule has 0 aliphatic heterocycles. The van der Waals surface area contributed by atoms with Gasteiger partial charge in [-0.3, -0.25) is 0 Å². The Bertz CT molecular complexity index is 317. The molecule has 1 aromatic rings. The Morgan fingerprint density at radius 3 is 3.00 bits per heavy atom. The fourth-order valence-electron chi connectivity index (χ4n) is 1.16. The van der Waals surface area contributed by atoms with E-state index in [-0.39, 0.29) is 5.92 Å². The third kappa shape index (κ3) is 2.55. The van der Waals surface area contributed by atoms with Gasteiger partial charge < -0.3 is 4.84 Å². The van der Waals surface area contributed by atoms with Gasteiger partial charge in [-0.15, -0.1) is 0 Å². The van der Waals surface area contributed by atoms with E-state index in [4.69, 9.17) is 11.2 Å². The Kier molecular flexibility index (Phi) is 3.44. The zero-order valence-electron chi connectivity index (χ0n) is 7.53. The van der Waals surface area contributed by atoms with Crippen molar-refractivity contribution < 1.29 is 4.84 Å². The number of nitriles is 1. The topological polar surface area (TPSA) is 59.0 Å². The molecule has 1 unspecified atom stereocenters. The molecule has 0 radical (unpaired) electrons. The van der Waals surface area contributed by atoms with Gasteiger partial charge in [0.1, 0.15) is 0 Å². The first-order valence-electron chi connectivity index (χ1n) is 4.09. The minimum absolute atomic E-state index is 0.221. The van der Waals surface area contributed by atoms with Gasteiger partial charge in [-0.25, -0.2) is 5.90 Å². The highest BCUT2D eigenvalue weighted by Gasteiger charge is 2.05.